The average Bonchev–Trinajstić information content (AvgIpc) is 3.14. The van der Waals surface area contributed by atoms with Crippen LogP contribution >= 0.6 is 0 Å². The molecule has 2 fully saturated rings. The van der Waals surface area contributed by atoms with Crippen LogP contribution in [-0.2, 0) is 9.53 Å². The zero-order chi connectivity index (χ0) is 20.1. The molecule has 1 atom stereocenters. The lowest BCUT2D eigenvalue weighted by atomic mass is 10.1. The van der Waals surface area contributed by atoms with Crippen molar-refractivity contribution in [3.63, 3.8) is 0 Å². The second-order valence-corrected chi connectivity index (χ2v) is 7.80. The Balaban J connectivity index is 1.54. The summed E-state index contributed by atoms with van der Waals surface area (Å²) in [6.45, 7) is 11.8. The number of carbonyl (C=O) groups excluding carboxylic acids is 2. The van der Waals surface area contributed by atoms with Crippen LogP contribution in [0.3, 0.4) is 0 Å². The zero-order valence-corrected chi connectivity index (χ0v) is 17.2. The number of hydrogen-bond acceptors (Lipinski definition) is 4. The molecule has 0 spiro atoms. The number of amides is 3. The maximum Gasteiger partial charge on any atom is 0.321 e. The van der Waals surface area contributed by atoms with E-state index >= 15 is 0 Å². The number of rotatable bonds is 5. The second kappa shape index (κ2) is 9.39. The Labute approximate surface area is 167 Å². The Morgan fingerprint density at radius 1 is 1.21 bits per heavy atom. The molecule has 3 amide bonds. The van der Waals surface area contributed by atoms with Crippen LogP contribution < -0.4 is 5.32 Å². The molecular weight excluding hydrogens is 356 g/mol. The van der Waals surface area contributed by atoms with Gasteiger partial charge in [0.1, 0.15) is 0 Å². The first-order chi connectivity index (χ1) is 13.4. The Hall–Kier alpha value is -2.12. The minimum atomic E-state index is -0.0915. The van der Waals surface area contributed by atoms with E-state index in [0.717, 1.165) is 50.5 Å². The fourth-order valence-electron chi connectivity index (χ4n) is 4.00. The predicted octanol–water partition coefficient (Wildman–Crippen LogP) is 2.09. The average molecular weight is 389 g/mol. The van der Waals surface area contributed by atoms with Crippen molar-refractivity contribution in [1.29, 1.82) is 0 Å². The van der Waals surface area contributed by atoms with Crippen molar-refractivity contribution in [1.82, 2.24) is 14.7 Å². The van der Waals surface area contributed by atoms with Crippen LogP contribution in [0.5, 0.6) is 0 Å². The third-order valence-electron chi connectivity index (χ3n) is 5.68. The summed E-state index contributed by atoms with van der Waals surface area (Å²) in [7, 11) is 0. The molecular formula is C21H32N4O3. The summed E-state index contributed by atoms with van der Waals surface area (Å²) in [6.07, 6.45) is 0.822. The van der Waals surface area contributed by atoms with Gasteiger partial charge in [-0.3, -0.25) is 9.69 Å². The Bertz CT molecular complexity index is 703. The van der Waals surface area contributed by atoms with E-state index in [-0.39, 0.29) is 18.0 Å². The van der Waals surface area contributed by atoms with Gasteiger partial charge >= 0.3 is 6.03 Å². The van der Waals surface area contributed by atoms with Gasteiger partial charge in [0.2, 0.25) is 5.91 Å². The van der Waals surface area contributed by atoms with Crippen molar-refractivity contribution in [3.05, 3.63) is 29.3 Å². The number of urea groups is 1. The van der Waals surface area contributed by atoms with E-state index in [4.69, 9.17) is 4.74 Å². The fourth-order valence-corrected chi connectivity index (χ4v) is 4.00. The van der Waals surface area contributed by atoms with Crippen molar-refractivity contribution in [2.24, 2.45) is 0 Å². The summed E-state index contributed by atoms with van der Waals surface area (Å²) >= 11 is 0. The van der Waals surface area contributed by atoms with Crippen LogP contribution in [0, 0.1) is 13.8 Å². The van der Waals surface area contributed by atoms with Gasteiger partial charge in [-0.15, -0.1) is 0 Å². The van der Waals surface area contributed by atoms with Gasteiger partial charge in [-0.2, -0.15) is 0 Å². The van der Waals surface area contributed by atoms with Gasteiger partial charge in [-0.05, 0) is 31.9 Å². The van der Waals surface area contributed by atoms with Gasteiger partial charge < -0.3 is 19.9 Å². The number of benzene rings is 1. The maximum absolute atomic E-state index is 12.7. The summed E-state index contributed by atoms with van der Waals surface area (Å²) < 4.78 is 5.38. The Morgan fingerprint density at radius 3 is 2.64 bits per heavy atom. The van der Waals surface area contributed by atoms with E-state index in [2.05, 4.69) is 16.3 Å². The van der Waals surface area contributed by atoms with Crippen LogP contribution in [0.25, 0.3) is 0 Å². The predicted molar refractivity (Wildman–Crippen MR) is 110 cm³/mol. The summed E-state index contributed by atoms with van der Waals surface area (Å²) in [6, 6.07) is 6.00. The highest BCUT2D eigenvalue weighted by atomic mass is 16.5. The van der Waals surface area contributed by atoms with Crippen LogP contribution in [0.4, 0.5) is 10.5 Å². The normalized spacial score (nSPS) is 20.2. The molecule has 1 N–H and O–H groups in total. The van der Waals surface area contributed by atoms with E-state index in [9.17, 15) is 9.59 Å². The molecule has 2 aliphatic heterocycles. The highest BCUT2D eigenvalue weighted by Crippen LogP contribution is 2.20. The molecule has 0 aliphatic carbocycles. The highest BCUT2D eigenvalue weighted by Gasteiger charge is 2.32. The fraction of sp³-hybridized carbons (Fsp3) is 0.619. The molecule has 0 bridgehead atoms. The lowest BCUT2D eigenvalue weighted by molar-refractivity contribution is -0.131. The number of likely N-dealkylation sites (tertiary alicyclic amines) is 1. The second-order valence-electron chi connectivity index (χ2n) is 7.80. The Morgan fingerprint density at radius 2 is 1.96 bits per heavy atom. The molecule has 7 heteroatoms. The lowest BCUT2D eigenvalue weighted by Gasteiger charge is -2.32. The van der Waals surface area contributed by atoms with E-state index in [1.807, 2.05) is 35.8 Å². The quantitative estimate of drug-likeness (QED) is 0.839. The monoisotopic (exact) mass is 388 g/mol. The summed E-state index contributed by atoms with van der Waals surface area (Å²) in [4.78, 5) is 31.0. The van der Waals surface area contributed by atoms with Crippen LogP contribution in [-0.4, -0.2) is 85.2 Å². The molecule has 0 aromatic heterocycles. The van der Waals surface area contributed by atoms with Gasteiger partial charge in [-0.25, -0.2) is 4.79 Å². The molecule has 154 valence electrons. The van der Waals surface area contributed by atoms with Crippen molar-refractivity contribution in [3.8, 4) is 0 Å². The van der Waals surface area contributed by atoms with Gasteiger partial charge in [0.15, 0.2) is 0 Å². The number of nitrogens with zero attached hydrogens (tertiary/aromatic N) is 3. The number of aryl methyl sites for hydroxylation is 2. The van der Waals surface area contributed by atoms with Crippen molar-refractivity contribution >= 4 is 17.6 Å². The molecule has 2 saturated heterocycles. The standard InChI is InChI=1S/C21H32N4O3/c1-16-4-5-20(17(2)14-16)22-21(27)24-7-6-19(15-24)25(18(3)26)9-8-23-10-12-28-13-11-23/h4-5,14,19H,6-13,15H2,1-3H3,(H,22,27). The number of carbonyl (C=O) groups is 2. The summed E-state index contributed by atoms with van der Waals surface area (Å²) in [5, 5.41) is 3.01. The van der Waals surface area contributed by atoms with Gasteiger partial charge in [0.25, 0.3) is 0 Å². The molecule has 1 unspecified atom stereocenters. The molecule has 28 heavy (non-hydrogen) atoms. The van der Waals surface area contributed by atoms with Crippen molar-refractivity contribution in [2.45, 2.75) is 33.2 Å². The first-order valence-electron chi connectivity index (χ1n) is 10.1. The van der Waals surface area contributed by atoms with E-state index in [1.54, 1.807) is 6.92 Å². The van der Waals surface area contributed by atoms with Crippen molar-refractivity contribution in [2.75, 3.05) is 57.8 Å². The first-order valence-corrected chi connectivity index (χ1v) is 10.1. The van der Waals surface area contributed by atoms with E-state index < -0.39 is 0 Å². The topological polar surface area (TPSA) is 65.1 Å². The summed E-state index contributed by atoms with van der Waals surface area (Å²) in [5.41, 5.74) is 3.07. The van der Waals surface area contributed by atoms with Gasteiger partial charge in [-0.1, -0.05) is 17.7 Å². The molecule has 1 aromatic carbocycles. The molecule has 0 radical (unpaired) electrons. The smallest absolute Gasteiger partial charge is 0.321 e. The molecule has 2 heterocycles. The SMILES string of the molecule is CC(=O)N(CCN1CCOCC1)C1CCN(C(=O)Nc2ccc(C)cc2C)C1. The molecule has 7 nitrogen and oxygen atoms in total. The van der Waals surface area contributed by atoms with Crippen LogP contribution in [0.2, 0.25) is 0 Å². The number of nitrogens with one attached hydrogen (secondary N) is 1. The minimum absolute atomic E-state index is 0.0786. The first kappa shape index (κ1) is 20.6. The number of ether oxygens (including phenoxy) is 1. The van der Waals surface area contributed by atoms with Crippen LogP contribution in [0.1, 0.15) is 24.5 Å². The van der Waals surface area contributed by atoms with E-state index in [1.165, 1.54) is 5.56 Å². The molecule has 1 aromatic rings. The number of anilines is 1. The minimum Gasteiger partial charge on any atom is -0.379 e. The Kier molecular flexibility index (Phi) is 6.91. The molecule has 3 rings (SSSR count). The van der Waals surface area contributed by atoms with Crippen molar-refractivity contribution < 1.29 is 14.3 Å². The molecule has 0 saturated carbocycles. The highest BCUT2D eigenvalue weighted by molar-refractivity contribution is 5.90. The van der Waals surface area contributed by atoms with E-state index in [0.29, 0.717) is 19.6 Å². The maximum atomic E-state index is 12.7. The lowest BCUT2D eigenvalue weighted by Crippen LogP contribution is -2.47. The van der Waals surface area contributed by atoms with Gasteiger partial charge in [0.05, 0.1) is 19.3 Å². The number of hydrogen-bond donors (Lipinski definition) is 1. The largest absolute Gasteiger partial charge is 0.379 e. The molecule has 2 aliphatic rings. The third-order valence-corrected chi connectivity index (χ3v) is 5.68. The number of morpholine rings is 1. The summed E-state index contributed by atoms with van der Waals surface area (Å²) in [5.74, 6) is 0.0786. The zero-order valence-electron chi connectivity index (χ0n) is 17.2. The van der Waals surface area contributed by atoms with Gasteiger partial charge in [0, 0.05) is 51.9 Å². The van der Waals surface area contributed by atoms with Crippen LogP contribution in [0.15, 0.2) is 18.2 Å². The third kappa shape index (κ3) is 5.23.